The van der Waals surface area contributed by atoms with Gasteiger partial charge in [-0.05, 0) is 39.3 Å². The van der Waals surface area contributed by atoms with E-state index in [4.69, 9.17) is 14.1 Å². The van der Waals surface area contributed by atoms with Crippen LogP contribution in [0.15, 0.2) is 50.7 Å². The molecule has 3 aromatic rings. The van der Waals surface area contributed by atoms with Gasteiger partial charge in [0.05, 0.1) is 23.6 Å². The van der Waals surface area contributed by atoms with Gasteiger partial charge in [-0.3, -0.25) is 14.6 Å². The zero-order chi connectivity index (χ0) is 21.4. The Morgan fingerprint density at radius 2 is 2.03 bits per heavy atom. The van der Waals surface area contributed by atoms with Gasteiger partial charge >= 0.3 is 0 Å². The van der Waals surface area contributed by atoms with Crippen LogP contribution in [0.4, 0.5) is 5.69 Å². The average molecular weight is 404 g/mol. The minimum Gasteiger partial charge on any atom is -0.477 e. The molecule has 0 amide bonds. The number of hydrogen-bond acceptors (Lipinski definition) is 6. The number of benzene rings is 1. The van der Waals surface area contributed by atoms with Gasteiger partial charge in [0.2, 0.25) is 5.88 Å². The molecule has 1 aromatic carbocycles. The Hall–Kier alpha value is -3.28. The summed E-state index contributed by atoms with van der Waals surface area (Å²) < 4.78 is 12.0. The molecule has 0 aliphatic carbocycles. The lowest BCUT2D eigenvalue weighted by atomic mass is 9.74. The quantitative estimate of drug-likeness (QED) is 0.614. The summed E-state index contributed by atoms with van der Waals surface area (Å²) in [5, 5.41) is 0.488. The van der Waals surface area contributed by atoms with Crippen LogP contribution in [0.25, 0.3) is 11.0 Å². The number of para-hydroxylation sites is 1. The number of carbonyl (C=O) groups is 1. The summed E-state index contributed by atoms with van der Waals surface area (Å²) in [5.41, 5.74) is 3.35. The Balaban J connectivity index is 2.06. The van der Waals surface area contributed by atoms with Crippen LogP contribution >= 0.6 is 0 Å². The Bertz CT molecular complexity index is 1230. The standard InChI is InChI=1S/C24H24N2O4/c1-5-11-29-24-22-18(9-10-25-24)26-14(3)20(15(4)27)21(22)17-8-6-7-16-19(28)12-13(2)30-23(16)17/h6-10,12,20-21H,5,11H2,1-4H3. The van der Waals surface area contributed by atoms with Crippen molar-refractivity contribution in [3.63, 3.8) is 0 Å². The molecule has 2 aromatic heterocycles. The molecule has 3 heterocycles. The molecule has 154 valence electrons. The summed E-state index contributed by atoms with van der Waals surface area (Å²) in [6, 6.07) is 8.78. The fourth-order valence-corrected chi connectivity index (χ4v) is 4.24. The number of aliphatic imine (C=N–C) groups is 1. The van der Waals surface area contributed by atoms with E-state index < -0.39 is 11.8 Å². The lowest BCUT2D eigenvalue weighted by Gasteiger charge is -2.32. The van der Waals surface area contributed by atoms with Gasteiger partial charge in [0.25, 0.3) is 0 Å². The predicted octanol–water partition coefficient (Wildman–Crippen LogP) is 4.73. The second kappa shape index (κ2) is 7.86. The maximum atomic E-state index is 12.8. The van der Waals surface area contributed by atoms with Gasteiger partial charge in [0.1, 0.15) is 17.1 Å². The first-order chi connectivity index (χ1) is 14.4. The molecule has 2 unspecified atom stereocenters. The molecule has 2 atom stereocenters. The number of ether oxygens (including phenoxy) is 1. The third-order valence-electron chi connectivity index (χ3n) is 5.45. The summed E-state index contributed by atoms with van der Waals surface area (Å²) in [4.78, 5) is 34.5. The molecule has 0 radical (unpaired) electrons. The topological polar surface area (TPSA) is 81.8 Å². The molecule has 1 aliphatic rings. The molecular weight excluding hydrogens is 380 g/mol. The van der Waals surface area contributed by atoms with E-state index in [-0.39, 0.29) is 11.2 Å². The van der Waals surface area contributed by atoms with E-state index in [2.05, 4.69) is 4.98 Å². The molecule has 0 bridgehead atoms. The molecule has 0 saturated carbocycles. The van der Waals surface area contributed by atoms with Crippen molar-refractivity contribution in [3.8, 4) is 5.88 Å². The fourth-order valence-electron chi connectivity index (χ4n) is 4.24. The van der Waals surface area contributed by atoms with E-state index >= 15 is 0 Å². The van der Waals surface area contributed by atoms with Gasteiger partial charge in [-0.1, -0.05) is 19.1 Å². The van der Waals surface area contributed by atoms with Crippen LogP contribution < -0.4 is 10.2 Å². The second-order valence-electron chi connectivity index (χ2n) is 7.66. The third-order valence-corrected chi connectivity index (χ3v) is 5.45. The maximum Gasteiger partial charge on any atom is 0.219 e. The molecule has 1 aliphatic heterocycles. The van der Waals surface area contributed by atoms with Crippen molar-refractivity contribution in [1.82, 2.24) is 4.98 Å². The highest BCUT2D eigenvalue weighted by molar-refractivity contribution is 6.07. The van der Waals surface area contributed by atoms with Crippen LogP contribution in [-0.4, -0.2) is 23.1 Å². The number of fused-ring (bicyclic) bond motifs is 2. The summed E-state index contributed by atoms with van der Waals surface area (Å²) in [7, 11) is 0. The number of ketones is 1. The number of aryl methyl sites for hydroxylation is 1. The number of nitrogens with zero attached hydrogens (tertiary/aromatic N) is 2. The highest BCUT2D eigenvalue weighted by Gasteiger charge is 2.39. The molecule has 4 rings (SSSR count). The van der Waals surface area contributed by atoms with Gasteiger partial charge in [0, 0.05) is 35.0 Å². The molecule has 0 spiro atoms. The average Bonchev–Trinajstić information content (AvgIpc) is 2.70. The lowest BCUT2D eigenvalue weighted by Crippen LogP contribution is -2.31. The molecule has 6 nitrogen and oxygen atoms in total. The number of pyridine rings is 1. The minimum absolute atomic E-state index is 0.0100. The predicted molar refractivity (Wildman–Crippen MR) is 116 cm³/mol. The monoisotopic (exact) mass is 404 g/mol. The normalized spacial score (nSPS) is 18.1. The highest BCUT2D eigenvalue weighted by Crippen LogP contribution is 2.47. The molecule has 6 heteroatoms. The van der Waals surface area contributed by atoms with Crippen LogP contribution in [0.5, 0.6) is 5.88 Å². The van der Waals surface area contributed by atoms with Crippen molar-refractivity contribution < 1.29 is 13.9 Å². The summed E-state index contributed by atoms with van der Waals surface area (Å²) in [6.45, 7) is 7.71. The van der Waals surface area contributed by atoms with Gasteiger partial charge in [-0.25, -0.2) is 4.98 Å². The number of rotatable bonds is 5. The zero-order valence-corrected chi connectivity index (χ0v) is 17.6. The first kappa shape index (κ1) is 20.0. The molecule has 30 heavy (non-hydrogen) atoms. The van der Waals surface area contributed by atoms with Gasteiger partial charge < -0.3 is 9.15 Å². The van der Waals surface area contributed by atoms with Crippen LogP contribution in [0.3, 0.4) is 0 Å². The molecule has 0 N–H and O–H groups in total. The van der Waals surface area contributed by atoms with Crippen molar-refractivity contribution in [2.45, 2.75) is 40.0 Å². The van der Waals surface area contributed by atoms with Crippen molar-refractivity contribution in [2.24, 2.45) is 10.9 Å². The summed E-state index contributed by atoms with van der Waals surface area (Å²) in [6.07, 6.45) is 2.50. The SMILES string of the molecule is CCCOc1nccc2c1C(c1cccc3c(=O)cc(C)oc13)C(C(C)=O)C(C)=N2. The van der Waals surface area contributed by atoms with Crippen LogP contribution in [0.1, 0.15) is 50.0 Å². The van der Waals surface area contributed by atoms with Gasteiger partial charge in [-0.15, -0.1) is 0 Å². The summed E-state index contributed by atoms with van der Waals surface area (Å²) >= 11 is 0. The first-order valence-corrected chi connectivity index (χ1v) is 10.1. The van der Waals surface area contributed by atoms with Crippen molar-refractivity contribution in [3.05, 3.63) is 63.6 Å². The van der Waals surface area contributed by atoms with E-state index in [0.717, 1.165) is 28.9 Å². The van der Waals surface area contributed by atoms with Gasteiger partial charge in [-0.2, -0.15) is 0 Å². The first-order valence-electron chi connectivity index (χ1n) is 10.1. The van der Waals surface area contributed by atoms with Crippen LogP contribution in [0.2, 0.25) is 0 Å². The fraction of sp³-hybridized carbons (Fsp3) is 0.333. The Morgan fingerprint density at radius 1 is 1.23 bits per heavy atom. The van der Waals surface area contributed by atoms with Crippen LogP contribution in [0, 0.1) is 12.8 Å². The molecule has 0 fully saturated rings. The largest absolute Gasteiger partial charge is 0.477 e. The third kappa shape index (κ3) is 3.32. The Labute approximate surface area is 174 Å². The van der Waals surface area contributed by atoms with E-state index in [9.17, 15) is 9.59 Å². The van der Waals surface area contributed by atoms with E-state index in [0.29, 0.717) is 29.2 Å². The minimum atomic E-state index is -0.498. The van der Waals surface area contributed by atoms with Crippen molar-refractivity contribution >= 4 is 28.2 Å². The van der Waals surface area contributed by atoms with E-state index in [1.54, 1.807) is 26.1 Å². The van der Waals surface area contributed by atoms with Gasteiger partial charge in [0.15, 0.2) is 5.43 Å². The number of Topliss-reactive ketones (excluding diaryl/α,β-unsaturated/α-hetero) is 1. The zero-order valence-electron chi connectivity index (χ0n) is 17.6. The van der Waals surface area contributed by atoms with E-state index in [1.807, 2.05) is 32.0 Å². The molecule has 0 saturated heterocycles. The lowest BCUT2D eigenvalue weighted by molar-refractivity contribution is -0.119. The Kier molecular flexibility index (Phi) is 5.24. The smallest absolute Gasteiger partial charge is 0.219 e. The summed E-state index contributed by atoms with van der Waals surface area (Å²) in [5.74, 6) is 0.0683. The number of aromatic nitrogens is 1. The number of hydrogen-bond donors (Lipinski definition) is 0. The van der Waals surface area contributed by atoms with E-state index in [1.165, 1.54) is 6.07 Å². The Morgan fingerprint density at radius 3 is 2.77 bits per heavy atom. The van der Waals surface area contributed by atoms with Crippen molar-refractivity contribution in [1.29, 1.82) is 0 Å². The number of carbonyl (C=O) groups excluding carboxylic acids is 1. The maximum absolute atomic E-state index is 12.8. The molecular formula is C24H24N2O4. The van der Waals surface area contributed by atoms with Crippen LogP contribution in [-0.2, 0) is 4.79 Å². The second-order valence-corrected chi connectivity index (χ2v) is 7.66. The van der Waals surface area contributed by atoms with Crippen molar-refractivity contribution in [2.75, 3.05) is 6.61 Å². The highest BCUT2D eigenvalue weighted by atomic mass is 16.5.